The van der Waals surface area contributed by atoms with E-state index in [1.165, 1.54) is 0 Å². The highest BCUT2D eigenvalue weighted by Crippen LogP contribution is 2.12. The molecule has 0 aliphatic heterocycles. The van der Waals surface area contributed by atoms with E-state index < -0.39 is 0 Å². The first-order valence-corrected chi connectivity index (χ1v) is 7.48. The maximum absolute atomic E-state index is 12.4. The third kappa shape index (κ3) is 4.12. The molecule has 0 saturated heterocycles. The van der Waals surface area contributed by atoms with E-state index in [4.69, 9.17) is 0 Å². The van der Waals surface area contributed by atoms with Gasteiger partial charge in [0.15, 0.2) is 5.78 Å². The Morgan fingerprint density at radius 1 is 0.900 bits per heavy atom. The average molecular weight is 274 g/mol. The first kappa shape index (κ1) is 16.3. The molecule has 1 aromatic rings. The Morgan fingerprint density at radius 3 is 1.75 bits per heavy atom. The van der Waals surface area contributed by atoms with Crippen LogP contribution in [-0.2, 0) is 0 Å². The van der Waals surface area contributed by atoms with Gasteiger partial charge in [-0.05, 0) is 27.7 Å². The van der Waals surface area contributed by atoms with Crippen molar-refractivity contribution in [1.29, 1.82) is 0 Å². The molecule has 0 spiro atoms. The molecule has 0 radical (unpaired) electrons. The summed E-state index contributed by atoms with van der Waals surface area (Å²) in [6.07, 6.45) is 1.77. The van der Waals surface area contributed by atoms with Gasteiger partial charge in [-0.15, -0.1) is 0 Å². The van der Waals surface area contributed by atoms with Crippen molar-refractivity contribution in [2.75, 3.05) is 26.2 Å². The largest absolute Gasteiger partial charge is 0.359 e. The maximum atomic E-state index is 12.4. The zero-order valence-electron chi connectivity index (χ0n) is 13.1. The number of benzene rings is 1. The van der Waals surface area contributed by atoms with Crippen LogP contribution in [0.15, 0.2) is 42.2 Å². The van der Waals surface area contributed by atoms with Gasteiger partial charge in [0.25, 0.3) is 0 Å². The van der Waals surface area contributed by atoms with Crippen LogP contribution in [0, 0.1) is 0 Å². The lowest BCUT2D eigenvalue weighted by molar-refractivity contribution is 0.103. The summed E-state index contributed by atoms with van der Waals surface area (Å²) in [4.78, 5) is 16.9. The average Bonchev–Trinajstić information content (AvgIpc) is 2.50. The van der Waals surface area contributed by atoms with E-state index in [0.29, 0.717) is 0 Å². The van der Waals surface area contributed by atoms with Gasteiger partial charge in [-0.25, -0.2) is 0 Å². The van der Waals surface area contributed by atoms with Gasteiger partial charge in [0.2, 0.25) is 0 Å². The minimum Gasteiger partial charge on any atom is -0.359 e. The van der Waals surface area contributed by atoms with Crippen molar-refractivity contribution in [1.82, 2.24) is 9.80 Å². The molecule has 0 N–H and O–H groups in total. The fourth-order valence-corrected chi connectivity index (χ4v) is 2.28. The zero-order valence-corrected chi connectivity index (χ0v) is 13.1. The highest BCUT2D eigenvalue weighted by molar-refractivity contribution is 6.04. The number of hydrogen-bond acceptors (Lipinski definition) is 3. The molecule has 0 fully saturated rings. The second-order valence-corrected chi connectivity index (χ2v) is 4.58. The van der Waals surface area contributed by atoms with E-state index in [1.807, 2.05) is 30.3 Å². The second kappa shape index (κ2) is 8.41. The standard InChI is InChI=1S/C17H26N2O/c1-5-18(6-2)17(19(7-3)8-4)14-16(20)15-12-10-9-11-13-15/h9-14H,5-8H2,1-4H3. The molecule has 0 saturated carbocycles. The number of carbonyl (C=O) groups is 1. The van der Waals surface area contributed by atoms with Crippen LogP contribution in [0.2, 0.25) is 0 Å². The first-order chi connectivity index (χ1) is 9.67. The van der Waals surface area contributed by atoms with E-state index in [2.05, 4.69) is 37.5 Å². The van der Waals surface area contributed by atoms with Crippen LogP contribution in [0.4, 0.5) is 0 Å². The molecular formula is C17H26N2O. The number of rotatable bonds is 8. The van der Waals surface area contributed by atoms with Crippen molar-refractivity contribution in [3.05, 3.63) is 47.8 Å². The molecule has 0 aromatic heterocycles. The summed E-state index contributed by atoms with van der Waals surface area (Å²) in [5, 5.41) is 0. The van der Waals surface area contributed by atoms with Crippen molar-refractivity contribution in [3.8, 4) is 0 Å². The Hall–Kier alpha value is -1.77. The van der Waals surface area contributed by atoms with Crippen molar-refractivity contribution in [3.63, 3.8) is 0 Å². The van der Waals surface area contributed by atoms with Crippen LogP contribution in [0.3, 0.4) is 0 Å². The second-order valence-electron chi connectivity index (χ2n) is 4.58. The molecule has 3 heteroatoms. The van der Waals surface area contributed by atoms with Gasteiger partial charge < -0.3 is 9.80 Å². The van der Waals surface area contributed by atoms with Crippen LogP contribution in [0.1, 0.15) is 38.1 Å². The minimum atomic E-state index is 0.0689. The van der Waals surface area contributed by atoms with Crippen molar-refractivity contribution < 1.29 is 4.79 Å². The van der Waals surface area contributed by atoms with E-state index in [1.54, 1.807) is 6.08 Å². The number of hydrogen-bond donors (Lipinski definition) is 0. The fourth-order valence-electron chi connectivity index (χ4n) is 2.28. The van der Waals surface area contributed by atoms with Crippen LogP contribution in [-0.4, -0.2) is 41.8 Å². The van der Waals surface area contributed by atoms with E-state index in [-0.39, 0.29) is 5.78 Å². The lowest BCUT2D eigenvalue weighted by atomic mass is 10.1. The Bertz CT molecular complexity index is 418. The predicted molar refractivity (Wildman–Crippen MR) is 84.7 cm³/mol. The maximum Gasteiger partial charge on any atom is 0.189 e. The molecule has 0 atom stereocenters. The Balaban J connectivity index is 3.09. The third-order valence-electron chi connectivity index (χ3n) is 3.49. The number of nitrogens with zero attached hydrogens (tertiary/aromatic N) is 2. The molecular weight excluding hydrogens is 248 g/mol. The summed E-state index contributed by atoms with van der Waals surface area (Å²) in [7, 11) is 0. The van der Waals surface area contributed by atoms with Crippen LogP contribution in [0.5, 0.6) is 0 Å². The summed E-state index contributed by atoms with van der Waals surface area (Å²) in [6, 6.07) is 9.45. The van der Waals surface area contributed by atoms with Crippen LogP contribution >= 0.6 is 0 Å². The monoisotopic (exact) mass is 274 g/mol. The van der Waals surface area contributed by atoms with Crippen molar-refractivity contribution in [2.45, 2.75) is 27.7 Å². The normalized spacial score (nSPS) is 10.0. The highest BCUT2D eigenvalue weighted by Gasteiger charge is 2.14. The van der Waals surface area contributed by atoms with E-state index in [0.717, 1.165) is 37.6 Å². The van der Waals surface area contributed by atoms with Crippen molar-refractivity contribution in [2.24, 2.45) is 0 Å². The van der Waals surface area contributed by atoms with Gasteiger partial charge in [0.1, 0.15) is 5.82 Å². The summed E-state index contributed by atoms with van der Waals surface area (Å²) in [6.45, 7) is 12.1. The third-order valence-corrected chi connectivity index (χ3v) is 3.49. The molecule has 110 valence electrons. The van der Waals surface area contributed by atoms with Crippen molar-refractivity contribution >= 4 is 5.78 Å². The number of allylic oxidation sites excluding steroid dienone is 1. The molecule has 0 amide bonds. The number of ketones is 1. The molecule has 0 heterocycles. The molecule has 3 nitrogen and oxygen atoms in total. The van der Waals surface area contributed by atoms with Crippen LogP contribution < -0.4 is 0 Å². The van der Waals surface area contributed by atoms with Gasteiger partial charge in [0.05, 0.1) is 0 Å². The van der Waals surface area contributed by atoms with Gasteiger partial charge in [0, 0.05) is 37.8 Å². The van der Waals surface area contributed by atoms with Crippen LogP contribution in [0.25, 0.3) is 0 Å². The molecule has 1 rings (SSSR count). The van der Waals surface area contributed by atoms with E-state index in [9.17, 15) is 4.79 Å². The molecule has 0 aliphatic rings. The SMILES string of the molecule is CCN(CC)C(=CC(=O)c1ccccc1)N(CC)CC. The summed E-state index contributed by atoms with van der Waals surface area (Å²) < 4.78 is 0. The van der Waals surface area contributed by atoms with E-state index >= 15 is 0 Å². The van der Waals surface area contributed by atoms with Gasteiger partial charge in [-0.3, -0.25) is 4.79 Å². The molecule has 0 unspecified atom stereocenters. The molecule has 0 bridgehead atoms. The van der Waals surface area contributed by atoms with Gasteiger partial charge in [-0.2, -0.15) is 0 Å². The molecule has 20 heavy (non-hydrogen) atoms. The summed E-state index contributed by atoms with van der Waals surface area (Å²) >= 11 is 0. The zero-order chi connectivity index (χ0) is 15.0. The molecule has 0 aliphatic carbocycles. The lowest BCUT2D eigenvalue weighted by Gasteiger charge is -2.33. The summed E-state index contributed by atoms with van der Waals surface area (Å²) in [5.74, 6) is 1.09. The van der Waals surface area contributed by atoms with Gasteiger partial charge in [-0.1, -0.05) is 30.3 Å². The smallest absolute Gasteiger partial charge is 0.189 e. The number of carbonyl (C=O) groups excluding carboxylic acids is 1. The Morgan fingerprint density at radius 2 is 1.35 bits per heavy atom. The Kier molecular flexibility index (Phi) is 6.85. The summed E-state index contributed by atoms with van der Waals surface area (Å²) in [5.41, 5.74) is 0.740. The lowest BCUT2D eigenvalue weighted by Crippen LogP contribution is -2.36. The fraction of sp³-hybridized carbons (Fsp3) is 0.471. The minimum absolute atomic E-state index is 0.0689. The Labute approximate surface area is 122 Å². The topological polar surface area (TPSA) is 23.6 Å². The quantitative estimate of drug-likeness (QED) is 0.536. The first-order valence-electron chi connectivity index (χ1n) is 7.48. The van der Waals surface area contributed by atoms with Gasteiger partial charge >= 0.3 is 0 Å². The molecule has 1 aromatic carbocycles. The highest BCUT2D eigenvalue weighted by atomic mass is 16.1. The predicted octanol–water partition coefficient (Wildman–Crippen LogP) is 3.39.